The summed E-state index contributed by atoms with van der Waals surface area (Å²) in [6.07, 6.45) is 0.426. The van der Waals surface area contributed by atoms with E-state index in [9.17, 15) is 4.79 Å². The van der Waals surface area contributed by atoms with E-state index in [1.54, 1.807) is 0 Å². The van der Waals surface area contributed by atoms with Gasteiger partial charge < -0.3 is 15.5 Å². The molecule has 0 bridgehead atoms. The van der Waals surface area contributed by atoms with Crippen molar-refractivity contribution in [2.75, 3.05) is 5.32 Å². The van der Waals surface area contributed by atoms with Gasteiger partial charge in [-0.2, -0.15) is 5.26 Å². The number of nitrogens with zero attached hydrogens (tertiary/aromatic N) is 2. The molecule has 1 unspecified atom stereocenters. The SMILES string of the molecule is CC(=O)OC(C#N)C=C1Nc2ccccc2N=C1NN. The Labute approximate surface area is 115 Å². The second-order valence-corrected chi connectivity index (χ2v) is 3.99. The fourth-order valence-electron chi connectivity index (χ4n) is 1.72. The van der Waals surface area contributed by atoms with E-state index >= 15 is 0 Å². The molecule has 4 N–H and O–H groups in total. The zero-order valence-electron chi connectivity index (χ0n) is 10.8. The highest BCUT2D eigenvalue weighted by Gasteiger charge is 2.18. The van der Waals surface area contributed by atoms with Crippen molar-refractivity contribution >= 4 is 23.2 Å². The molecule has 0 spiro atoms. The number of benzene rings is 1. The molecule has 20 heavy (non-hydrogen) atoms. The van der Waals surface area contributed by atoms with E-state index in [0.29, 0.717) is 11.5 Å². The van der Waals surface area contributed by atoms with Crippen molar-refractivity contribution in [1.29, 1.82) is 5.26 Å². The number of hydrogen-bond donors (Lipinski definition) is 3. The summed E-state index contributed by atoms with van der Waals surface area (Å²) < 4.78 is 4.84. The number of carbonyl (C=O) groups is 1. The number of rotatable bonds is 2. The highest BCUT2D eigenvalue weighted by molar-refractivity contribution is 6.05. The third-order valence-electron chi connectivity index (χ3n) is 2.54. The molecule has 0 aromatic heterocycles. The van der Waals surface area contributed by atoms with Gasteiger partial charge in [-0.05, 0) is 18.2 Å². The summed E-state index contributed by atoms with van der Waals surface area (Å²) in [4.78, 5) is 15.2. The van der Waals surface area contributed by atoms with Gasteiger partial charge in [0.1, 0.15) is 6.07 Å². The minimum absolute atomic E-state index is 0.358. The third kappa shape index (κ3) is 2.93. The zero-order chi connectivity index (χ0) is 14.5. The average molecular weight is 271 g/mol. The predicted molar refractivity (Wildman–Crippen MR) is 73.7 cm³/mol. The fraction of sp³-hybridized carbons (Fsp3) is 0.154. The van der Waals surface area contributed by atoms with Crippen LogP contribution in [0.3, 0.4) is 0 Å². The second kappa shape index (κ2) is 5.86. The Morgan fingerprint density at radius 2 is 2.35 bits per heavy atom. The highest BCUT2D eigenvalue weighted by Crippen LogP contribution is 2.30. The molecule has 102 valence electrons. The van der Waals surface area contributed by atoms with Crippen LogP contribution in [0.2, 0.25) is 0 Å². The standard InChI is InChI=1S/C13H13N5O2/c1-8(19)20-9(7-14)6-12-13(18-15)17-11-5-3-2-4-10(11)16-12/h2-6,9,16H,15H2,1H3,(H,17,18). The number of nitrogens with two attached hydrogens (primary N) is 1. The minimum atomic E-state index is -1.01. The van der Waals surface area contributed by atoms with Gasteiger partial charge in [-0.1, -0.05) is 12.1 Å². The van der Waals surface area contributed by atoms with Gasteiger partial charge in [0.25, 0.3) is 0 Å². The molecule has 1 aliphatic heterocycles. The number of esters is 1. The Morgan fingerprint density at radius 1 is 1.60 bits per heavy atom. The van der Waals surface area contributed by atoms with E-state index in [1.807, 2.05) is 30.3 Å². The van der Waals surface area contributed by atoms with Gasteiger partial charge in [-0.3, -0.25) is 4.79 Å². The monoisotopic (exact) mass is 271 g/mol. The summed E-state index contributed by atoms with van der Waals surface area (Å²) in [7, 11) is 0. The molecular formula is C13H13N5O2. The van der Waals surface area contributed by atoms with Crippen molar-refractivity contribution in [2.24, 2.45) is 10.8 Å². The van der Waals surface area contributed by atoms with Crippen LogP contribution in [0.4, 0.5) is 11.4 Å². The van der Waals surface area contributed by atoms with Crippen molar-refractivity contribution in [3.63, 3.8) is 0 Å². The maximum Gasteiger partial charge on any atom is 0.304 e. The highest BCUT2D eigenvalue weighted by atomic mass is 16.5. The van der Waals surface area contributed by atoms with Crippen LogP contribution < -0.4 is 16.6 Å². The van der Waals surface area contributed by atoms with Crippen LogP contribution in [-0.2, 0) is 9.53 Å². The number of aliphatic imine (C=N–C) groups is 1. The first-order valence-corrected chi connectivity index (χ1v) is 5.84. The maximum absolute atomic E-state index is 10.9. The van der Waals surface area contributed by atoms with E-state index < -0.39 is 12.1 Å². The molecule has 0 fully saturated rings. The van der Waals surface area contributed by atoms with Crippen LogP contribution in [-0.4, -0.2) is 17.9 Å². The lowest BCUT2D eigenvalue weighted by Crippen LogP contribution is -2.36. The number of hydrazine groups is 1. The molecule has 0 amide bonds. The second-order valence-electron chi connectivity index (χ2n) is 3.99. The number of hydrogen-bond acceptors (Lipinski definition) is 7. The van der Waals surface area contributed by atoms with Crippen LogP contribution in [0.15, 0.2) is 41.0 Å². The van der Waals surface area contributed by atoms with Gasteiger partial charge in [0, 0.05) is 6.92 Å². The molecule has 7 nitrogen and oxygen atoms in total. The minimum Gasteiger partial charge on any atom is -0.443 e. The zero-order valence-corrected chi connectivity index (χ0v) is 10.8. The molecule has 0 saturated heterocycles. The molecule has 1 heterocycles. The molecular weight excluding hydrogens is 258 g/mol. The summed E-state index contributed by atoms with van der Waals surface area (Å²) in [5, 5.41) is 12.1. The number of para-hydroxylation sites is 2. The van der Waals surface area contributed by atoms with Gasteiger partial charge in [0.15, 0.2) is 5.84 Å². The van der Waals surface area contributed by atoms with E-state index in [2.05, 4.69) is 15.7 Å². The van der Waals surface area contributed by atoms with Crippen molar-refractivity contribution in [3.05, 3.63) is 36.0 Å². The van der Waals surface area contributed by atoms with E-state index in [-0.39, 0.29) is 0 Å². The molecule has 0 saturated carbocycles. The van der Waals surface area contributed by atoms with Crippen molar-refractivity contribution in [2.45, 2.75) is 13.0 Å². The lowest BCUT2D eigenvalue weighted by Gasteiger charge is -2.20. The first kappa shape index (κ1) is 13.6. The molecule has 1 atom stereocenters. The summed E-state index contributed by atoms with van der Waals surface area (Å²) >= 11 is 0. The van der Waals surface area contributed by atoms with Gasteiger partial charge in [0.2, 0.25) is 6.10 Å². The van der Waals surface area contributed by atoms with Crippen LogP contribution in [0.5, 0.6) is 0 Å². The predicted octanol–water partition coefficient (Wildman–Crippen LogP) is 0.945. The normalized spacial score (nSPS) is 16.2. The average Bonchev–Trinajstić information content (AvgIpc) is 2.45. The number of amidine groups is 1. The molecule has 1 aliphatic rings. The van der Waals surface area contributed by atoms with Crippen molar-refractivity contribution < 1.29 is 9.53 Å². The van der Waals surface area contributed by atoms with Gasteiger partial charge in [-0.25, -0.2) is 10.8 Å². The Balaban J connectivity index is 2.34. The van der Waals surface area contributed by atoms with Crippen LogP contribution in [0.25, 0.3) is 0 Å². The largest absolute Gasteiger partial charge is 0.443 e. The van der Waals surface area contributed by atoms with Crippen molar-refractivity contribution in [1.82, 2.24) is 5.43 Å². The summed E-state index contributed by atoms with van der Waals surface area (Å²) in [5.74, 6) is 5.24. The van der Waals surface area contributed by atoms with Crippen LogP contribution in [0, 0.1) is 11.3 Å². The number of ether oxygens (including phenoxy) is 1. The molecule has 1 aromatic rings. The van der Waals surface area contributed by atoms with E-state index in [0.717, 1.165) is 11.4 Å². The lowest BCUT2D eigenvalue weighted by atomic mass is 10.2. The lowest BCUT2D eigenvalue weighted by molar-refractivity contribution is -0.142. The van der Waals surface area contributed by atoms with Crippen molar-refractivity contribution in [3.8, 4) is 6.07 Å². The van der Waals surface area contributed by atoms with E-state index in [1.165, 1.54) is 13.0 Å². The Morgan fingerprint density at radius 3 is 3.00 bits per heavy atom. The van der Waals surface area contributed by atoms with Gasteiger partial charge in [-0.15, -0.1) is 0 Å². The number of nitrogens with one attached hydrogen (secondary N) is 2. The van der Waals surface area contributed by atoms with Gasteiger partial charge in [0.05, 0.1) is 17.1 Å². The fourth-order valence-corrected chi connectivity index (χ4v) is 1.72. The Bertz CT molecular complexity index is 630. The van der Waals surface area contributed by atoms with E-state index in [4.69, 9.17) is 15.8 Å². The van der Waals surface area contributed by atoms with Gasteiger partial charge >= 0.3 is 5.97 Å². The molecule has 1 aromatic carbocycles. The summed E-state index contributed by atoms with van der Waals surface area (Å²) in [5.41, 5.74) is 4.41. The number of carbonyl (C=O) groups excluding carboxylic acids is 1. The number of nitriles is 1. The molecule has 7 heteroatoms. The molecule has 0 radical (unpaired) electrons. The van der Waals surface area contributed by atoms with Crippen LogP contribution >= 0.6 is 0 Å². The summed E-state index contributed by atoms with van der Waals surface area (Å²) in [6.45, 7) is 1.24. The third-order valence-corrected chi connectivity index (χ3v) is 2.54. The first-order valence-electron chi connectivity index (χ1n) is 5.84. The smallest absolute Gasteiger partial charge is 0.304 e. The maximum atomic E-state index is 10.9. The van der Waals surface area contributed by atoms with Crippen LogP contribution in [0.1, 0.15) is 6.92 Å². The summed E-state index contributed by atoms with van der Waals surface area (Å²) in [6, 6.07) is 9.24. The first-order chi connectivity index (χ1) is 9.63. The molecule has 0 aliphatic carbocycles. The number of fused-ring (bicyclic) bond motifs is 1. The molecule has 2 rings (SSSR count). The Kier molecular flexibility index (Phi) is 3.98. The topological polar surface area (TPSA) is 113 Å². The quantitative estimate of drug-likeness (QED) is 0.419. The Hall–Kier alpha value is -2.85. The number of anilines is 1.